The molecule has 4 heteroatoms. The maximum Gasteiger partial charge on any atom is 0.156 e. The fourth-order valence-corrected chi connectivity index (χ4v) is 1.31. The molecule has 0 aromatic rings. The Kier molecular flexibility index (Phi) is 3.90. The van der Waals surface area contributed by atoms with Gasteiger partial charge in [0.1, 0.15) is 0 Å². The van der Waals surface area contributed by atoms with E-state index in [0.717, 1.165) is 18.7 Å². The highest BCUT2D eigenvalue weighted by Crippen LogP contribution is 2.05. The molecule has 0 aromatic carbocycles. The van der Waals surface area contributed by atoms with E-state index in [-0.39, 0.29) is 6.10 Å². The highest BCUT2D eigenvalue weighted by Gasteiger charge is 2.19. The van der Waals surface area contributed by atoms with Gasteiger partial charge in [-0.3, -0.25) is 4.90 Å². The zero-order valence-corrected chi connectivity index (χ0v) is 7.70. The Labute approximate surface area is 78.6 Å². The predicted molar refractivity (Wildman–Crippen MR) is 50.0 cm³/mol. The summed E-state index contributed by atoms with van der Waals surface area (Å²) in [7, 11) is 0. The number of morpholine rings is 1. The third-order valence-corrected chi connectivity index (χ3v) is 2.03. The Balaban J connectivity index is 2.35. The van der Waals surface area contributed by atoms with Crippen LogP contribution < -0.4 is 5.73 Å². The van der Waals surface area contributed by atoms with Gasteiger partial charge in [0.25, 0.3) is 0 Å². The van der Waals surface area contributed by atoms with E-state index in [1.165, 1.54) is 0 Å². The molecule has 1 fully saturated rings. The maximum absolute atomic E-state index is 8.65. The van der Waals surface area contributed by atoms with Crippen molar-refractivity contribution in [1.29, 1.82) is 5.26 Å². The van der Waals surface area contributed by atoms with Crippen LogP contribution in [0.25, 0.3) is 0 Å². The minimum atomic E-state index is -0.292. The van der Waals surface area contributed by atoms with Crippen molar-refractivity contribution in [3.05, 3.63) is 12.2 Å². The lowest BCUT2D eigenvalue weighted by atomic mass is 10.2. The number of hydrogen-bond donors (Lipinski definition) is 1. The molecular formula is C9H15N3O. The lowest BCUT2D eigenvalue weighted by Crippen LogP contribution is -2.43. The molecule has 1 unspecified atom stereocenters. The Morgan fingerprint density at radius 1 is 1.77 bits per heavy atom. The zero-order chi connectivity index (χ0) is 9.68. The first-order valence-electron chi connectivity index (χ1n) is 4.36. The molecular weight excluding hydrogens is 166 g/mol. The molecule has 1 saturated heterocycles. The van der Waals surface area contributed by atoms with E-state index >= 15 is 0 Å². The lowest BCUT2D eigenvalue weighted by Gasteiger charge is -2.29. The molecule has 1 aliphatic rings. The van der Waals surface area contributed by atoms with Gasteiger partial charge in [0, 0.05) is 26.2 Å². The highest BCUT2D eigenvalue weighted by molar-refractivity contribution is 5.00. The molecule has 1 heterocycles. The molecule has 0 aromatic heterocycles. The van der Waals surface area contributed by atoms with E-state index in [9.17, 15) is 0 Å². The number of nitrogens with two attached hydrogens (primary N) is 1. The van der Waals surface area contributed by atoms with Crippen molar-refractivity contribution in [3.63, 3.8) is 0 Å². The first-order valence-corrected chi connectivity index (χ1v) is 4.36. The zero-order valence-electron chi connectivity index (χ0n) is 7.70. The normalized spacial score (nSPS) is 23.8. The summed E-state index contributed by atoms with van der Waals surface area (Å²) in [4.78, 5) is 2.15. The third kappa shape index (κ3) is 3.15. The number of rotatable bonds is 3. The smallest absolute Gasteiger partial charge is 0.156 e. The van der Waals surface area contributed by atoms with Crippen LogP contribution in [0.1, 0.15) is 0 Å². The molecule has 0 radical (unpaired) electrons. The first kappa shape index (κ1) is 10.2. The molecule has 72 valence electrons. The minimum absolute atomic E-state index is 0.292. The average Bonchev–Trinajstić information content (AvgIpc) is 2.18. The summed E-state index contributed by atoms with van der Waals surface area (Å²) in [5, 5.41) is 8.65. The van der Waals surface area contributed by atoms with Crippen molar-refractivity contribution in [2.24, 2.45) is 5.73 Å². The fourth-order valence-electron chi connectivity index (χ4n) is 1.31. The number of ether oxygens (including phenoxy) is 1. The van der Waals surface area contributed by atoms with Crippen molar-refractivity contribution in [3.8, 4) is 6.07 Å². The average molecular weight is 181 g/mol. The van der Waals surface area contributed by atoms with E-state index in [1.54, 1.807) is 0 Å². The van der Waals surface area contributed by atoms with Gasteiger partial charge >= 0.3 is 0 Å². The maximum atomic E-state index is 8.65. The lowest BCUT2D eigenvalue weighted by molar-refractivity contribution is 0.00417. The van der Waals surface area contributed by atoms with Gasteiger partial charge in [-0.2, -0.15) is 5.26 Å². The van der Waals surface area contributed by atoms with Crippen molar-refractivity contribution < 1.29 is 4.74 Å². The minimum Gasteiger partial charge on any atom is -0.361 e. The molecule has 0 aliphatic carbocycles. The fraction of sp³-hybridized carbons (Fsp3) is 0.667. The largest absolute Gasteiger partial charge is 0.361 e. The van der Waals surface area contributed by atoms with Crippen LogP contribution >= 0.6 is 0 Å². The highest BCUT2D eigenvalue weighted by atomic mass is 16.5. The van der Waals surface area contributed by atoms with E-state index in [4.69, 9.17) is 15.7 Å². The summed E-state index contributed by atoms with van der Waals surface area (Å²) in [6, 6.07) is 2.10. The first-order chi connectivity index (χ1) is 6.26. The third-order valence-electron chi connectivity index (χ3n) is 2.03. The van der Waals surface area contributed by atoms with Gasteiger partial charge in [-0.05, 0) is 5.57 Å². The molecule has 13 heavy (non-hydrogen) atoms. The number of hydrogen-bond acceptors (Lipinski definition) is 4. The van der Waals surface area contributed by atoms with Crippen LogP contribution in [0.5, 0.6) is 0 Å². The monoisotopic (exact) mass is 181 g/mol. The van der Waals surface area contributed by atoms with Crippen molar-refractivity contribution in [2.45, 2.75) is 6.10 Å². The van der Waals surface area contributed by atoms with Crippen LogP contribution in [0.3, 0.4) is 0 Å². The van der Waals surface area contributed by atoms with Gasteiger partial charge in [-0.15, -0.1) is 0 Å². The van der Waals surface area contributed by atoms with E-state index in [1.807, 2.05) is 0 Å². The second-order valence-corrected chi connectivity index (χ2v) is 3.18. The molecule has 0 amide bonds. The van der Waals surface area contributed by atoms with Crippen LogP contribution in [0, 0.1) is 11.3 Å². The van der Waals surface area contributed by atoms with Crippen LogP contribution in [0.2, 0.25) is 0 Å². The Morgan fingerprint density at radius 3 is 3.15 bits per heavy atom. The summed E-state index contributed by atoms with van der Waals surface area (Å²) in [6.07, 6.45) is -0.292. The molecule has 1 rings (SSSR count). The second kappa shape index (κ2) is 4.97. The Morgan fingerprint density at radius 2 is 2.54 bits per heavy atom. The summed E-state index contributed by atoms with van der Waals surface area (Å²) in [5.41, 5.74) is 6.43. The van der Waals surface area contributed by atoms with Crippen LogP contribution in [-0.4, -0.2) is 43.8 Å². The van der Waals surface area contributed by atoms with Crippen LogP contribution in [-0.2, 0) is 4.74 Å². The standard InChI is InChI=1S/C9H15N3O/c1-8(4-10)6-12-2-3-13-9(5-11)7-12/h9H,1-4,6-7,10H2. The SMILES string of the molecule is C=C(CN)CN1CCOC(C#N)C1. The summed E-state index contributed by atoms with van der Waals surface area (Å²) >= 11 is 0. The van der Waals surface area contributed by atoms with Gasteiger partial charge in [-0.25, -0.2) is 0 Å². The van der Waals surface area contributed by atoms with Gasteiger partial charge in [-0.1, -0.05) is 6.58 Å². The van der Waals surface area contributed by atoms with E-state index in [0.29, 0.717) is 19.7 Å². The van der Waals surface area contributed by atoms with E-state index in [2.05, 4.69) is 17.5 Å². The van der Waals surface area contributed by atoms with Crippen molar-refractivity contribution >= 4 is 0 Å². The Hall–Kier alpha value is -0.890. The topological polar surface area (TPSA) is 62.3 Å². The molecule has 0 spiro atoms. The van der Waals surface area contributed by atoms with Gasteiger partial charge < -0.3 is 10.5 Å². The predicted octanol–water partition coefficient (Wildman–Crippen LogP) is -0.274. The molecule has 1 aliphatic heterocycles. The molecule has 2 N–H and O–H groups in total. The van der Waals surface area contributed by atoms with Gasteiger partial charge in [0.15, 0.2) is 6.10 Å². The summed E-state index contributed by atoms with van der Waals surface area (Å²) in [5.74, 6) is 0. The number of nitriles is 1. The molecule has 1 atom stereocenters. The molecule has 0 saturated carbocycles. The van der Waals surface area contributed by atoms with E-state index < -0.39 is 0 Å². The molecule has 4 nitrogen and oxygen atoms in total. The number of nitrogens with zero attached hydrogens (tertiary/aromatic N) is 2. The van der Waals surface area contributed by atoms with Crippen LogP contribution in [0.4, 0.5) is 0 Å². The summed E-state index contributed by atoms with van der Waals surface area (Å²) < 4.78 is 5.21. The quantitative estimate of drug-likeness (QED) is 0.609. The molecule has 0 bridgehead atoms. The second-order valence-electron chi connectivity index (χ2n) is 3.18. The van der Waals surface area contributed by atoms with Gasteiger partial charge in [0.05, 0.1) is 12.7 Å². The van der Waals surface area contributed by atoms with Crippen molar-refractivity contribution in [1.82, 2.24) is 4.90 Å². The summed E-state index contributed by atoms with van der Waals surface area (Å²) in [6.45, 7) is 7.25. The van der Waals surface area contributed by atoms with Gasteiger partial charge in [0.2, 0.25) is 0 Å². The Bertz CT molecular complexity index is 221. The van der Waals surface area contributed by atoms with Crippen LogP contribution in [0.15, 0.2) is 12.2 Å². The van der Waals surface area contributed by atoms with Crippen molar-refractivity contribution in [2.75, 3.05) is 32.8 Å².